The minimum absolute atomic E-state index is 0.0282. The van der Waals surface area contributed by atoms with Crippen molar-refractivity contribution < 1.29 is 9.84 Å². The van der Waals surface area contributed by atoms with Gasteiger partial charge in [-0.05, 0) is 23.6 Å². The van der Waals surface area contributed by atoms with Crippen molar-refractivity contribution in [3.05, 3.63) is 74.6 Å². The average Bonchev–Trinajstić information content (AvgIpc) is 3.11. The number of nitriles is 1. The van der Waals surface area contributed by atoms with Gasteiger partial charge in [0.05, 0.1) is 12.7 Å². The molecule has 1 aliphatic rings. The maximum absolute atomic E-state index is 10.3. The van der Waals surface area contributed by atoms with E-state index < -0.39 is 0 Å². The van der Waals surface area contributed by atoms with Crippen LogP contribution in [0.25, 0.3) is 0 Å². The van der Waals surface area contributed by atoms with E-state index in [0.717, 1.165) is 31.6 Å². The van der Waals surface area contributed by atoms with Crippen molar-refractivity contribution in [3.63, 3.8) is 0 Å². The minimum Gasteiger partial charge on any atom is -0.504 e. The zero-order chi connectivity index (χ0) is 21.1. The van der Waals surface area contributed by atoms with Crippen LogP contribution >= 0.6 is 22.9 Å². The van der Waals surface area contributed by atoms with Gasteiger partial charge >= 0.3 is 0 Å². The number of rotatable bonds is 5. The lowest BCUT2D eigenvalue weighted by Crippen LogP contribution is -2.29. The van der Waals surface area contributed by atoms with Crippen molar-refractivity contribution in [2.75, 3.05) is 13.7 Å². The summed E-state index contributed by atoms with van der Waals surface area (Å²) in [4.78, 5) is 8.08. The van der Waals surface area contributed by atoms with E-state index in [2.05, 4.69) is 40.2 Å². The maximum atomic E-state index is 10.3. The molecule has 0 saturated carbocycles. The second-order valence-electron chi connectivity index (χ2n) is 7.05. The van der Waals surface area contributed by atoms with Crippen LogP contribution in [-0.4, -0.2) is 29.9 Å². The van der Waals surface area contributed by atoms with E-state index in [1.165, 1.54) is 35.1 Å². The summed E-state index contributed by atoms with van der Waals surface area (Å²) in [5, 5.41) is 21.1. The number of fused-ring (bicyclic) bond motifs is 1. The Kier molecular flexibility index (Phi) is 6.05. The highest BCUT2D eigenvalue weighted by Gasteiger charge is 2.24. The lowest BCUT2D eigenvalue weighted by molar-refractivity contribution is 0.249. The van der Waals surface area contributed by atoms with Crippen LogP contribution in [0.4, 0.5) is 5.00 Å². The number of aliphatic imine (C=N–C) groups is 1. The molecule has 1 N–H and O–H groups in total. The smallest absolute Gasteiger partial charge is 0.166 e. The molecule has 2 aromatic carbocycles. The molecule has 0 atom stereocenters. The normalized spacial score (nSPS) is 13.9. The number of ether oxygens (including phenoxy) is 1. The molecule has 0 radical (unpaired) electrons. The van der Waals surface area contributed by atoms with Gasteiger partial charge in [-0.25, -0.2) is 4.99 Å². The van der Waals surface area contributed by atoms with E-state index in [1.807, 2.05) is 6.07 Å². The summed E-state index contributed by atoms with van der Waals surface area (Å²) >= 11 is 7.63. The fourth-order valence-corrected chi connectivity index (χ4v) is 5.00. The SMILES string of the molecule is COc1cc(Cl)cc(/C=N/c2sc3c(c2C#N)CCN(Cc2ccccc2)C3)c1O. The second kappa shape index (κ2) is 8.88. The third kappa shape index (κ3) is 4.19. The summed E-state index contributed by atoms with van der Waals surface area (Å²) in [5.74, 6) is 0.256. The average molecular weight is 438 g/mol. The van der Waals surface area contributed by atoms with Gasteiger partial charge in [-0.2, -0.15) is 5.26 Å². The molecule has 0 amide bonds. The van der Waals surface area contributed by atoms with E-state index in [9.17, 15) is 10.4 Å². The molecule has 0 unspecified atom stereocenters. The molecule has 0 bridgehead atoms. The topological polar surface area (TPSA) is 68.8 Å². The lowest BCUT2D eigenvalue weighted by Gasteiger charge is -2.26. The first-order valence-electron chi connectivity index (χ1n) is 9.50. The number of nitrogens with zero attached hydrogens (tertiary/aromatic N) is 3. The molecule has 1 aliphatic heterocycles. The molecule has 0 fully saturated rings. The summed E-state index contributed by atoms with van der Waals surface area (Å²) < 4.78 is 5.14. The summed E-state index contributed by atoms with van der Waals surface area (Å²) in [6.07, 6.45) is 2.36. The first kappa shape index (κ1) is 20.4. The Morgan fingerprint density at radius 3 is 2.87 bits per heavy atom. The largest absolute Gasteiger partial charge is 0.504 e. The van der Waals surface area contributed by atoms with Crippen molar-refractivity contribution >= 4 is 34.2 Å². The number of benzene rings is 2. The summed E-state index contributed by atoms with van der Waals surface area (Å²) in [5.41, 5.74) is 3.44. The highest BCUT2D eigenvalue weighted by molar-refractivity contribution is 7.16. The molecule has 4 rings (SSSR count). The molecule has 152 valence electrons. The van der Waals surface area contributed by atoms with Crippen LogP contribution < -0.4 is 4.74 Å². The number of hydrogen-bond donors (Lipinski definition) is 1. The van der Waals surface area contributed by atoms with Crippen LogP contribution in [0.2, 0.25) is 5.02 Å². The van der Waals surface area contributed by atoms with Gasteiger partial charge in [0, 0.05) is 47.4 Å². The molecule has 0 spiro atoms. The van der Waals surface area contributed by atoms with Crippen molar-refractivity contribution in [3.8, 4) is 17.6 Å². The van der Waals surface area contributed by atoms with Crippen LogP contribution in [0.5, 0.6) is 11.5 Å². The predicted octanol–water partition coefficient (Wildman–Crippen LogP) is 5.30. The van der Waals surface area contributed by atoms with Crippen LogP contribution in [0, 0.1) is 11.3 Å². The second-order valence-corrected chi connectivity index (χ2v) is 8.57. The quantitative estimate of drug-likeness (QED) is 0.550. The highest BCUT2D eigenvalue weighted by Crippen LogP contribution is 2.39. The monoisotopic (exact) mass is 437 g/mol. The van der Waals surface area contributed by atoms with E-state index in [4.69, 9.17) is 16.3 Å². The van der Waals surface area contributed by atoms with E-state index in [0.29, 0.717) is 21.2 Å². The Labute approximate surface area is 184 Å². The molecule has 2 heterocycles. The van der Waals surface area contributed by atoms with Crippen molar-refractivity contribution in [2.45, 2.75) is 19.5 Å². The first-order chi connectivity index (χ1) is 14.6. The van der Waals surface area contributed by atoms with Gasteiger partial charge in [0.1, 0.15) is 11.1 Å². The fraction of sp³-hybridized carbons (Fsp3) is 0.217. The van der Waals surface area contributed by atoms with Crippen LogP contribution in [0.15, 0.2) is 47.5 Å². The molecular weight excluding hydrogens is 418 g/mol. The number of hydrogen-bond acceptors (Lipinski definition) is 6. The van der Waals surface area contributed by atoms with Gasteiger partial charge in [-0.1, -0.05) is 41.9 Å². The van der Waals surface area contributed by atoms with Gasteiger partial charge in [-0.3, -0.25) is 4.90 Å². The van der Waals surface area contributed by atoms with Crippen LogP contribution in [0.3, 0.4) is 0 Å². The summed E-state index contributed by atoms with van der Waals surface area (Å²) in [6.45, 7) is 2.59. The van der Waals surface area contributed by atoms with Crippen LogP contribution in [0.1, 0.15) is 27.1 Å². The number of halogens is 1. The van der Waals surface area contributed by atoms with E-state index in [1.54, 1.807) is 12.1 Å². The molecular formula is C23H20ClN3O2S. The summed E-state index contributed by atoms with van der Waals surface area (Å²) in [7, 11) is 1.47. The number of aromatic hydroxyl groups is 1. The number of phenolic OH excluding ortho intramolecular Hbond substituents is 1. The van der Waals surface area contributed by atoms with E-state index in [-0.39, 0.29) is 11.5 Å². The Morgan fingerprint density at radius 1 is 1.33 bits per heavy atom. The van der Waals surface area contributed by atoms with Gasteiger partial charge in [0.15, 0.2) is 11.5 Å². The predicted molar refractivity (Wildman–Crippen MR) is 120 cm³/mol. The molecule has 0 aliphatic carbocycles. The molecule has 1 aromatic heterocycles. The molecule has 7 heteroatoms. The Balaban J connectivity index is 1.59. The third-order valence-corrected chi connectivity index (χ3v) is 6.43. The minimum atomic E-state index is -0.0282. The van der Waals surface area contributed by atoms with E-state index >= 15 is 0 Å². The molecule has 30 heavy (non-hydrogen) atoms. The van der Waals surface area contributed by atoms with Gasteiger partial charge < -0.3 is 9.84 Å². The lowest BCUT2D eigenvalue weighted by atomic mass is 10.0. The Hall–Kier alpha value is -2.85. The number of methoxy groups -OCH3 is 1. The molecule has 0 saturated heterocycles. The molecule has 3 aromatic rings. The third-order valence-electron chi connectivity index (χ3n) is 5.09. The maximum Gasteiger partial charge on any atom is 0.166 e. The molecule has 5 nitrogen and oxygen atoms in total. The standard InChI is InChI=1S/C23H20ClN3O2S/c1-29-20-10-17(24)9-16(22(20)28)12-26-23-19(11-25)18-7-8-27(14-21(18)30-23)13-15-5-3-2-4-6-15/h2-6,9-10,12,28H,7-8,13-14H2,1H3/b26-12+. The Morgan fingerprint density at radius 2 is 2.13 bits per heavy atom. The van der Waals surface area contributed by atoms with Gasteiger partial charge in [0.2, 0.25) is 0 Å². The first-order valence-corrected chi connectivity index (χ1v) is 10.7. The van der Waals surface area contributed by atoms with Crippen LogP contribution in [-0.2, 0) is 19.5 Å². The number of thiophene rings is 1. The van der Waals surface area contributed by atoms with Crippen molar-refractivity contribution in [2.24, 2.45) is 4.99 Å². The van der Waals surface area contributed by atoms with Gasteiger partial charge in [0.25, 0.3) is 0 Å². The number of phenols is 1. The fourth-order valence-electron chi connectivity index (χ4n) is 3.60. The zero-order valence-electron chi connectivity index (χ0n) is 16.4. The van der Waals surface area contributed by atoms with Crippen molar-refractivity contribution in [1.82, 2.24) is 4.90 Å². The van der Waals surface area contributed by atoms with Gasteiger partial charge in [-0.15, -0.1) is 11.3 Å². The highest BCUT2D eigenvalue weighted by atomic mass is 35.5. The summed E-state index contributed by atoms with van der Waals surface area (Å²) in [6, 6.07) is 15.9. The Bertz CT molecular complexity index is 1140. The van der Waals surface area contributed by atoms with Crippen molar-refractivity contribution in [1.29, 1.82) is 5.26 Å². The zero-order valence-corrected chi connectivity index (χ0v) is 18.0.